The Hall–Kier alpha value is -8.41. The first-order valence-corrected chi connectivity index (χ1v) is 20.8. The number of furan rings is 1. The fourth-order valence-electron chi connectivity index (χ4n) is 8.83. The van der Waals surface area contributed by atoms with Gasteiger partial charge in [-0.15, -0.1) is 0 Å². The maximum absolute atomic E-state index is 6.44. The van der Waals surface area contributed by atoms with E-state index in [2.05, 4.69) is 168 Å². The summed E-state index contributed by atoms with van der Waals surface area (Å²) in [6.45, 7) is 0. The summed E-state index contributed by atoms with van der Waals surface area (Å²) in [5.74, 6) is 0.668. The molecule has 4 aromatic heterocycles. The summed E-state index contributed by atoms with van der Waals surface area (Å²) in [5.41, 5.74) is 15.5. The zero-order valence-corrected chi connectivity index (χ0v) is 33.5. The molecule has 0 saturated carbocycles. The summed E-state index contributed by atoms with van der Waals surface area (Å²) < 4.78 is 8.84. The van der Waals surface area contributed by atoms with Gasteiger partial charge in [-0.1, -0.05) is 164 Å². The van der Waals surface area contributed by atoms with Gasteiger partial charge in [0.1, 0.15) is 11.2 Å². The Balaban J connectivity index is 1.17. The molecule has 290 valence electrons. The van der Waals surface area contributed by atoms with Gasteiger partial charge in [-0.05, 0) is 65.7 Å². The minimum absolute atomic E-state index is 0.668. The number of rotatable bonds is 7. The molecule has 0 spiro atoms. The number of para-hydroxylation sites is 2. The van der Waals surface area contributed by atoms with E-state index in [-0.39, 0.29) is 0 Å². The molecule has 0 bridgehead atoms. The van der Waals surface area contributed by atoms with Crippen LogP contribution in [0.4, 0.5) is 0 Å². The number of aromatic nitrogens is 4. The van der Waals surface area contributed by atoms with E-state index in [4.69, 9.17) is 19.4 Å². The molecular formula is C57H36N4O. The van der Waals surface area contributed by atoms with Crippen LogP contribution < -0.4 is 0 Å². The van der Waals surface area contributed by atoms with Gasteiger partial charge < -0.3 is 8.98 Å². The fraction of sp³-hybridized carbons (Fsp3) is 0. The van der Waals surface area contributed by atoms with Crippen LogP contribution in [0.25, 0.3) is 117 Å². The van der Waals surface area contributed by atoms with E-state index in [1.165, 1.54) is 0 Å². The molecule has 5 nitrogen and oxygen atoms in total. The molecule has 12 rings (SSSR count). The predicted octanol–water partition coefficient (Wildman–Crippen LogP) is 14.9. The van der Waals surface area contributed by atoms with Gasteiger partial charge in [0.25, 0.3) is 0 Å². The molecule has 0 saturated heterocycles. The molecule has 5 heteroatoms. The number of hydrogen-bond donors (Lipinski definition) is 0. The number of benzene rings is 8. The SMILES string of the molecule is c1ccc(-c2cc(-c3ccccc3)nc(-c3cc(-c4cc(-c5ccccc5)nc(-c5ccccc5)n4)ccc3-n3c4ccccc4c4cc5oc6ccccc6c5cc43)c2)cc1. The molecular weight excluding hydrogens is 757 g/mol. The van der Waals surface area contributed by atoms with E-state index in [1.807, 2.05) is 54.6 Å². The first kappa shape index (κ1) is 35.5. The average molecular weight is 793 g/mol. The van der Waals surface area contributed by atoms with Crippen LogP contribution in [0.2, 0.25) is 0 Å². The highest BCUT2D eigenvalue weighted by Crippen LogP contribution is 2.42. The molecule has 0 aliphatic rings. The zero-order chi connectivity index (χ0) is 41.0. The van der Waals surface area contributed by atoms with Crippen LogP contribution in [-0.2, 0) is 0 Å². The lowest BCUT2D eigenvalue weighted by molar-refractivity contribution is 0.669. The molecule has 0 amide bonds. The number of fused-ring (bicyclic) bond motifs is 6. The van der Waals surface area contributed by atoms with Gasteiger partial charge in [-0.25, -0.2) is 15.0 Å². The van der Waals surface area contributed by atoms with Crippen molar-refractivity contribution < 1.29 is 4.42 Å². The Morgan fingerprint density at radius 2 is 0.871 bits per heavy atom. The Kier molecular flexibility index (Phi) is 8.42. The van der Waals surface area contributed by atoms with Crippen molar-refractivity contribution in [1.82, 2.24) is 19.5 Å². The van der Waals surface area contributed by atoms with Crippen LogP contribution in [-0.4, -0.2) is 19.5 Å². The van der Waals surface area contributed by atoms with E-state index in [9.17, 15) is 0 Å². The molecule has 0 radical (unpaired) electrons. The second-order valence-electron chi connectivity index (χ2n) is 15.6. The summed E-state index contributed by atoms with van der Waals surface area (Å²) >= 11 is 0. The third-order valence-corrected chi connectivity index (χ3v) is 11.8. The van der Waals surface area contributed by atoms with Crippen LogP contribution >= 0.6 is 0 Å². The van der Waals surface area contributed by atoms with Gasteiger partial charge in [-0.3, -0.25) is 0 Å². The summed E-state index contributed by atoms with van der Waals surface area (Å²) in [6, 6.07) is 76.2. The molecule has 0 unspecified atom stereocenters. The van der Waals surface area contributed by atoms with Gasteiger partial charge in [0, 0.05) is 49.4 Å². The number of hydrogen-bond acceptors (Lipinski definition) is 4. The number of pyridine rings is 1. The van der Waals surface area contributed by atoms with Crippen molar-refractivity contribution >= 4 is 43.7 Å². The largest absolute Gasteiger partial charge is 0.456 e. The second-order valence-corrected chi connectivity index (χ2v) is 15.6. The maximum Gasteiger partial charge on any atom is 0.160 e. The maximum atomic E-state index is 6.44. The van der Waals surface area contributed by atoms with E-state index < -0.39 is 0 Å². The second kappa shape index (κ2) is 14.7. The van der Waals surface area contributed by atoms with Crippen LogP contribution in [0.15, 0.2) is 223 Å². The third kappa shape index (κ3) is 6.14. The average Bonchev–Trinajstić information content (AvgIpc) is 3.88. The van der Waals surface area contributed by atoms with Crippen molar-refractivity contribution in [2.75, 3.05) is 0 Å². The molecule has 0 aliphatic heterocycles. The van der Waals surface area contributed by atoms with Crippen LogP contribution in [0.5, 0.6) is 0 Å². The van der Waals surface area contributed by atoms with E-state index in [0.29, 0.717) is 5.82 Å². The van der Waals surface area contributed by atoms with Crippen molar-refractivity contribution in [3.05, 3.63) is 218 Å². The highest BCUT2D eigenvalue weighted by molar-refractivity contribution is 6.17. The van der Waals surface area contributed by atoms with Crippen LogP contribution in [0.1, 0.15) is 0 Å². The lowest BCUT2D eigenvalue weighted by atomic mass is 9.97. The summed E-state index contributed by atoms with van der Waals surface area (Å²) in [5, 5.41) is 4.43. The predicted molar refractivity (Wildman–Crippen MR) is 254 cm³/mol. The van der Waals surface area contributed by atoms with E-state index >= 15 is 0 Å². The minimum atomic E-state index is 0.668. The lowest BCUT2D eigenvalue weighted by Crippen LogP contribution is -2.01. The Labute approximate surface area is 357 Å². The Morgan fingerprint density at radius 3 is 1.58 bits per heavy atom. The van der Waals surface area contributed by atoms with Crippen molar-refractivity contribution in [3.8, 4) is 73.2 Å². The summed E-state index contributed by atoms with van der Waals surface area (Å²) in [7, 11) is 0. The first-order valence-electron chi connectivity index (χ1n) is 20.8. The minimum Gasteiger partial charge on any atom is -0.456 e. The highest BCUT2D eigenvalue weighted by atomic mass is 16.3. The molecule has 0 N–H and O–H groups in total. The molecule has 12 aromatic rings. The van der Waals surface area contributed by atoms with E-state index in [0.717, 1.165) is 111 Å². The van der Waals surface area contributed by atoms with Gasteiger partial charge in [0.05, 0.1) is 39.5 Å². The Bertz CT molecular complexity index is 3500. The zero-order valence-electron chi connectivity index (χ0n) is 33.5. The van der Waals surface area contributed by atoms with E-state index in [1.54, 1.807) is 0 Å². The van der Waals surface area contributed by atoms with Gasteiger partial charge in [-0.2, -0.15) is 0 Å². The van der Waals surface area contributed by atoms with Gasteiger partial charge in [0.2, 0.25) is 0 Å². The smallest absolute Gasteiger partial charge is 0.160 e. The number of nitrogens with zero attached hydrogens (tertiary/aromatic N) is 4. The molecule has 0 atom stereocenters. The van der Waals surface area contributed by atoms with Gasteiger partial charge in [0.15, 0.2) is 5.82 Å². The topological polar surface area (TPSA) is 56.7 Å². The van der Waals surface area contributed by atoms with Crippen molar-refractivity contribution in [3.63, 3.8) is 0 Å². The summed E-state index contributed by atoms with van der Waals surface area (Å²) in [6.07, 6.45) is 0. The van der Waals surface area contributed by atoms with Crippen molar-refractivity contribution in [2.24, 2.45) is 0 Å². The van der Waals surface area contributed by atoms with Crippen molar-refractivity contribution in [1.29, 1.82) is 0 Å². The first-order chi connectivity index (χ1) is 30.7. The fourth-order valence-corrected chi connectivity index (χ4v) is 8.83. The quantitative estimate of drug-likeness (QED) is 0.161. The van der Waals surface area contributed by atoms with Crippen molar-refractivity contribution in [2.45, 2.75) is 0 Å². The Morgan fingerprint density at radius 1 is 0.306 bits per heavy atom. The molecule has 0 aliphatic carbocycles. The molecule has 0 fully saturated rings. The molecule has 4 heterocycles. The monoisotopic (exact) mass is 792 g/mol. The third-order valence-electron chi connectivity index (χ3n) is 11.8. The van der Waals surface area contributed by atoms with Crippen LogP contribution in [0.3, 0.4) is 0 Å². The molecule has 62 heavy (non-hydrogen) atoms. The molecule has 8 aromatic carbocycles. The van der Waals surface area contributed by atoms with Crippen LogP contribution in [0, 0.1) is 0 Å². The summed E-state index contributed by atoms with van der Waals surface area (Å²) in [4.78, 5) is 15.9. The van der Waals surface area contributed by atoms with Gasteiger partial charge >= 0.3 is 0 Å². The standard InChI is InChI=1S/C57H36N4O/c1-5-17-37(18-6-1)42-32-48(38-19-7-2-8-20-38)58-51(33-42)47-31-41(50-36-49(39-21-9-3-10-22-39)59-57(60-50)40-23-11-4-12-24-40)29-30-53(47)61-52-27-15-13-25-43(52)45-35-56-46(34-54(45)61)44-26-14-16-28-55(44)62-56/h1-36H. The lowest BCUT2D eigenvalue weighted by Gasteiger charge is -2.18. The highest BCUT2D eigenvalue weighted by Gasteiger charge is 2.21. The normalized spacial score (nSPS) is 11.5.